The number of rotatable bonds is 7. The van der Waals surface area contributed by atoms with Crippen molar-refractivity contribution in [2.75, 3.05) is 31.1 Å². The van der Waals surface area contributed by atoms with E-state index in [0.717, 1.165) is 23.9 Å². The summed E-state index contributed by atoms with van der Waals surface area (Å²) >= 11 is 2.10. The zero-order valence-electron chi connectivity index (χ0n) is 14.4. The molecule has 0 aromatic carbocycles. The summed E-state index contributed by atoms with van der Waals surface area (Å²) in [4.78, 5) is 2.85. The van der Waals surface area contributed by atoms with E-state index in [1.54, 1.807) is 0 Å². The molecule has 2 fully saturated rings. The molecule has 1 aliphatic carbocycles. The van der Waals surface area contributed by atoms with Crippen molar-refractivity contribution in [2.24, 2.45) is 11.8 Å². The first kappa shape index (κ1) is 17.6. The number of hydrogen-bond acceptors (Lipinski definition) is 3. The Morgan fingerprint density at radius 1 is 1.19 bits per heavy atom. The predicted octanol–water partition coefficient (Wildman–Crippen LogP) is 4.01. The minimum atomic E-state index is 0.719. The zero-order chi connectivity index (χ0) is 15.1. The van der Waals surface area contributed by atoms with Crippen molar-refractivity contribution in [1.29, 1.82) is 0 Å². The third-order valence-corrected chi connectivity index (χ3v) is 6.10. The minimum Gasteiger partial charge on any atom is -0.311 e. The van der Waals surface area contributed by atoms with E-state index in [9.17, 15) is 0 Å². The van der Waals surface area contributed by atoms with Crippen molar-refractivity contribution in [2.45, 2.75) is 71.4 Å². The molecule has 1 aliphatic heterocycles. The van der Waals surface area contributed by atoms with Crippen molar-refractivity contribution < 1.29 is 0 Å². The zero-order valence-corrected chi connectivity index (χ0v) is 15.3. The van der Waals surface area contributed by atoms with E-state index in [2.05, 4.69) is 42.7 Å². The molecule has 2 nitrogen and oxygen atoms in total. The topological polar surface area (TPSA) is 15.3 Å². The van der Waals surface area contributed by atoms with Gasteiger partial charge in [-0.1, -0.05) is 40.0 Å². The maximum absolute atomic E-state index is 3.87. The predicted molar refractivity (Wildman–Crippen MR) is 96.2 cm³/mol. The second-order valence-electron chi connectivity index (χ2n) is 7.39. The maximum atomic E-state index is 3.87. The van der Waals surface area contributed by atoms with Gasteiger partial charge in [-0.15, -0.1) is 0 Å². The first-order valence-electron chi connectivity index (χ1n) is 9.25. The Bertz CT molecular complexity index is 276. The van der Waals surface area contributed by atoms with E-state index in [1.165, 1.54) is 69.7 Å². The Morgan fingerprint density at radius 2 is 1.95 bits per heavy atom. The van der Waals surface area contributed by atoms with Crippen molar-refractivity contribution in [3.63, 3.8) is 0 Å². The lowest BCUT2D eigenvalue weighted by molar-refractivity contribution is 0.0729. The van der Waals surface area contributed by atoms with E-state index < -0.39 is 0 Å². The highest BCUT2D eigenvalue weighted by Crippen LogP contribution is 2.30. The monoisotopic (exact) mass is 312 g/mol. The summed E-state index contributed by atoms with van der Waals surface area (Å²) in [7, 11) is 0. The van der Waals surface area contributed by atoms with Crippen molar-refractivity contribution >= 4 is 11.8 Å². The molecule has 124 valence electrons. The Morgan fingerprint density at radius 3 is 2.62 bits per heavy atom. The highest BCUT2D eigenvalue weighted by atomic mass is 32.2. The van der Waals surface area contributed by atoms with Crippen LogP contribution >= 0.6 is 11.8 Å². The maximum Gasteiger partial charge on any atom is 0.0249 e. The largest absolute Gasteiger partial charge is 0.311 e. The van der Waals surface area contributed by atoms with Crippen LogP contribution < -0.4 is 5.32 Å². The summed E-state index contributed by atoms with van der Waals surface area (Å²) in [6.45, 7) is 10.8. The van der Waals surface area contributed by atoms with Gasteiger partial charge in [-0.3, -0.25) is 4.90 Å². The van der Waals surface area contributed by atoms with E-state index in [4.69, 9.17) is 0 Å². The quantitative estimate of drug-likeness (QED) is 0.715. The molecule has 2 rings (SSSR count). The first-order valence-corrected chi connectivity index (χ1v) is 10.4. The molecule has 2 unspecified atom stereocenters. The number of piperazine rings is 1. The number of nitrogens with one attached hydrogen (secondary N) is 1. The Kier molecular flexibility index (Phi) is 7.90. The van der Waals surface area contributed by atoms with Gasteiger partial charge >= 0.3 is 0 Å². The van der Waals surface area contributed by atoms with Gasteiger partial charge in [-0.05, 0) is 36.9 Å². The van der Waals surface area contributed by atoms with Crippen molar-refractivity contribution in [3.05, 3.63) is 0 Å². The number of hydrogen-bond donors (Lipinski definition) is 1. The summed E-state index contributed by atoms with van der Waals surface area (Å²) < 4.78 is 0. The fourth-order valence-corrected chi connectivity index (χ4v) is 4.85. The highest BCUT2D eigenvalue weighted by molar-refractivity contribution is 7.99. The standard InChI is InChI=1S/C18H36N2S/c1-4-21-11-10-20-14-17(12-15(2)3)19-13-18(20)16-8-6-5-7-9-16/h15-19H,4-14H2,1-3H3. The van der Waals surface area contributed by atoms with Crippen LogP contribution in [0.4, 0.5) is 0 Å². The molecule has 0 amide bonds. The van der Waals surface area contributed by atoms with Gasteiger partial charge in [0.05, 0.1) is 0 Å². The Labute approximate surface area is 136 Å². The van der Waals surface area contributed by atoms with Crippen LogP contribution in [0, 0.1) is 11.8 Å². The fourth-order valence-electron chi connectivity index (χ4n) is 4.19. The molecule has 0 spiro atoms. The first-order chi connectivity index (χ1) is 10.2. The van der Waals surface area contributed by atoms with Gasteiger partial charge in [-0.25, -0.2) is 0 Å². The molecular formula is C18H36N2S. The lowest BCUT2D eigenvalue weighted by Crippen LogP contribution is -2.59. The van der Waals surface area contributed by atoms with Crippen LogP contribution in [-0.2, 0) is 0 Å². The second kappa shape index (κ2) is 9.42. The molecule has 1 saturated carbocycles. The van der Waals surface area contributed by atoms with Crippen molar-refractivity contribution in [3.8, 4) is 0 Å². The second-order valence-corrected chi connectivity index (χ2v) is 8.79. The molecule has 1 saturated heterocycles. The molecule has 3 heteroatoms. The molecule has 1 heterocycles. The molecular weight excluding hydrogens is 276 g/mol. The summed E-state index contributed by atoms with van der Waals surface area (Å²) in [6, 6.07) is 1.53. The van der Waals surface area contributed by atoms with Gasteiger partial charge in [0, 0.05) is 37.5 Å². The number of thioether (sulfide) groups is 1. The van der Waals surface area contributed by atoms with Gasteiger partial charge in [0.1, 0.15) is 0 Å². The summed E-state index contributed by atoms with van der Waals surface area (Å²) in [5, 5.41) is 3.87. The molecule has 2 aliphatic rings. The lowest BCUT2D eigenvalue weighted by Gasteiger charge is -2.45. The van der Waals surface area contributed by atoms with Crippen LogP contribution in [-0.4, -0.2) is 48.1 Å². The average molecular weight is 313 g/mol. The van der Waals surface area contributed by atoms with Crippen LogP contribution in [0.5, 0.6) is 0 Å². The van der Waals surface area contributed by atoms with E-state index in [-0.39, 0.29) is 0 Å². The molecule has 1 N–H and O–H groups in total. The SMILES string of the molecule is CCSCCN1CC(CC(C)C)NCC1C1CCCCC1. The lowest BCUT2D eigenvalue weighted by atomic mass is 9.82. The van der Waals surface area contributed by atoms with Crippen LogP contribution in [0.15, 0.2) is 0 Å². The Balaban J connectivity index is 1.90. The Hall–Kier alpha value is 0.270. The molecule has 0 bridgehead atoms. The third kappa shape index (κ3) is 5.76. The highest BCUT2D eigenvalue weighted by Gasteiger charge is 2.33. The summed E-state index contributed by atoms with van der Waals surface area (Å²) in [5.74, 6) is 4.34. The van der Waals surface area contributed by atoms with Gasteiger partial charge < -0.3 is 5.32 Å². The summed E-state index contributed by atoms with van der Waals surface area (Å²) in [6.07, 6.45) is 8.67. The molecule has 0 aromatic rings. The van der Waals surface area contributed by atoms with Gasteiger partial charge in [0.25, 0.3) is 0 Å². The minimum absolute atomic E-state index is 0.719. The molecule has 0 aromatic heterocycles. The molecule has 0 radical (unpaired) electrons. The van der Waals surface area contributed by atoms with E-state index in [1.807, 2.05) is 0 Å². The van der Waals surface area contributed by atoms with E-state index >= 15 is 0 Å². The van der Waals surface area contributed by atoms with Crippen molar-refractivity contribution in [1.82, 2.24) is 10.2 Å². The van der Waals surface area contributed by atoms with Gasteiger partial charge in [0.15, 0.2) is 0 Å². The molecule has 21 heavy (non-hydrogen) atoms. The molecule has 2 atom stereocenters. The fraction of sp³-hybridized carbons (Fsp3) is 1.00. The van der Waals surface area contributed by atoms with Gasteiger partial charge in [0.2, 0.25) is 0 Å². The third-order valence-electron chi connectivity index (χ3n) is 5.22. The van der Waals surface area contributed by atoms with Gasteiger partial charge in [-0.2, -0.15) is 11.8 Å². The number of nitrogens with zero attached hydrogens (tertiary/aromatic N) is 1. The summed E-state index contributed by atoms with van der Waals surface area (Å²) in [5.41, 5.74) is 0. The van der Waals surface area contributed by atoms with E-state index in [0.29, 0.717) is 0 Å². The van der Waals surface area contributed by atoms with Crippen LogP contribution in [0.25, 0.3) is 0 Å². The normalized spacial score (nSPS) is 29.1. The average Bonchev–Trinajstić information content (AvgIpc) is 2.48. The van der Waals surface area contributed by atoms with Crippen LogP contribution in [0.3, 0.4) is 0 Å². The van der Waals surface area contributed by atoms with Crippen LogP contribution in [0.2, 0.25) is 0 Å². The van der Waals surface area contributed by atoms with Crippen LogP contribution in [0.1, 0.15) is 59.3 Å². The smallest absolute Gasteiger partial charge is 0.0249 e.